The van der Waals surface area contributed by atoms with E-state index in [1.807, 2.05) is 0 Å². The summed E-state index contributed by atoms with van der Waals surface area (Å²) in [5.74, 6) is 1.23. The lowest BCUT2D eigenvalue weighted by atomic mass is 9.97. The van der Waals surface area contributed by atoms with E-state index in [-0.39, 0.29) is 18.3 Å². The Kier molecular flexibility index (Phi) is 5.13. The number of hydrogen-bond acceptors (Lipinski definition) is 6. The van der Waals surface area contributed by atoms with E-state index in [0.717, 1.165) is 25.7 Å². The molecule has 3 rings (SSSR count). The molecule has 1 aromatic heterocycles. The molecule has 10 heteroatoms. The molecule has 0 unspecified atom stereocenters. The van der Waals surface area contributed by atoms with Crippen LogP contribution < -0.4 is 10.9 Å². The zero-order valence-corrected chi connectivity index (χ0v) is 13.9. The quantitative estimate of drug-likeness (QED) is 0.820. The fraction of sp³-hybridized carbons (Fsp3) is 0.833. The molecule has 1 aliphatic heterocycles. The minimum atomic E-state index is -3.60. The fourth-order valence-electron chi connectivity index (χ4n) is 3.19. The highest BCUT2D eigenvalue weighted by atomic mass is 35.5. The molecule has 126 valence electrons. The van der Waals surface area contributed by atoms with Crippen molar-refractivity contribution in [3.05, 3.63) is 11.7 Å². The van der Waals surface area contributed by atoms with Crippen molar-refractivity contribution in [3.8, 4) is 0 Å². The standard InChI is InChI=1S/C12H21N5O3S.ClH/c13-12(5-1-2-6-12)11-15-10(20-16-11)9-3-7-17(8-4-9)21(14,18)19;/h9H,1-8,13H2,(H2,14,18,19);1H. The zero-order valence-electron chi connectivity index (χ0n) is 12.3. The van der Waals surface area contributed by atoms with Gasteiger partial charge >= 0.3 is 0 Å². The molecule has 0 radical (unpaired) electrons. The summed E-state index contributed by atoms with van der Waals surface area (Å²) < 4.78 is 29.2. The molecule has 22 heavy (non-hydrogen) atoms. The van der Waals surface area contributed by atoms with Crippen LogP contribution in [0.4, 0.5) is 0 Å². The number of nitrogens with two attached hydrogens (primary N) is 2. The number of hydrogen-bond donors (Lipinski definition) is 2. The third-order valence-corrected chi connectivity index (χ3v) is 5.63. The predicted octanol–water partition coefficient (Wildman–Crippen LogP) is 0.602. The smallest absolute Gasteiger partial charge is 0.276 e. The first kappa shape index (κ1) is 17.6. The van der Waals surface area contributed by atoms with Gasteiger partial charge in [0, 0.05) is 19.0 Å². The molecule has 0 spiro atoms. The Hall–Kier alpha value is -0.740. The lowest BCUT2D eigenvalue weighted by Gasteiger charge is -2.27. The summed E-state index contributed by atoms with van der Waals surface area (Å²) in [6.45, 7) is 0.768. The van der Waals surface area contributed by atoms with Crippen molar-refractivity contribution in [1.29, 1.82) is 0 Å². The van der Waals surface area contributed by atoms with E-state index in [1.54, 1.807) is 0 Å². The van der Waals surface area contributed by atoms with E-state index < -0.39 is 15.7 Å². The number of nitrogens with zero attached hydrogens (tertiary/aromatic N) is 3. The van der Waals surface area contributed by atoms with Gasteiger partial charge in [0.1, 0.15) is 0 Å². The molecule has 8 nitrogen and oxygen atoms in total. The SMILES string of the molecule is Cl.NC1(c2noc(C3CCN(S(N)(=O)=O)CC3)n2)CCCC1. The van der Waals surface area contributed by atoms with Gasteiger partial charge in [0.15, 0.2) is 5.82 Å². The van der Waals surface area contributed by atoms with E-state index in [1.165, 1.54) is 4.31 Å². The molecule has 1 aromatic rings. The molecule has 0 aromatic carbocycles. The third-order valence-electron chi connectivity index (χ3n) is 4.55. The monoisotopic (exact) mass is 351 g/mol. The van der Waals surface area contributed by atoms with E-state index in [2.05, 4.69) is 10.1 Å². The van der Waals surface area contributed by atoms with Gasteiger partial charge in [-0.2, -0.15) is 17.7 Å². The summed E-state index contributed by atoms with van der Waals surface area (Å²) >= 11 is 0. The van der Waals surface area contributed by atoms with Crippen LogP contribution in [0.15, 0.2) is 4.52 Å². The van der Waals surface area contributed by atoms with Gasteiger partial charge in [-0.15, -0.1) is 12.4 Å². The largest absolute Gasteiger partial charge is 0.339 e. The average Bonchev–Trinajstić information content (AvgIpc) is 3.07. The van der Waals surface area contributed by atoms with Crippen LogP contribution >= 0.6 is 12.4 Å². The maximum absolute atomic E-state index is 11.3. The Morgan fingerprint density at radius 2 is 1.82 bits per heavy atom. The van der Waals surface area contributed by atoms with Gasteiger partial charge in [-0.25, -0.2) is 5.14 Å². The first-order chi connectivity index (χ1) is 9.88. The van der Waals surface area contributed by atoms with Crippen molar-refractivity contribution in [2.45, 2.75) is 50.0 Å². The Balaban J connectivity index is 0.00000176. The van der Waals surface area contributed by atoms with Gasteiger partial charge in [-0.3, -0.25) is 0 Å². The first-order valence-corrected chi connectivity index (χ1v) is 8.80. The van der Waals surface area contributed by atoms with Crippen LogP contribution in [0.5, 0.6) is 0 Å². The Morgan fingerprint density at radius 1 is 1.23 bits per heavy atom. The molecule has 1 saturated heterocycles. The van der Waals surface area contributed by atoms with Gasteiger partial charge in [0.25, 0.3) is 10.2 Å². The topological polar surface area (TPSA) is 128 Å². The molecule has 2 aliphatic rings. The summed E-state index contributed by atoms with van der Waals surface area (Å²) in [7, 11) is -3.60. The van der Waals surface area contributed by atoms with E-state index in [4.69, 9.17) is 15.4 Å². The maximum atomic E-state index is 11.3. The number of piperidine rings is 1. The van der Waals surface area contributed by atoms with Crippen LogP contribution in [0.25, 0.3) is 0 Å². The number of aromatic nitrogens is 2. The Labute approximate surface area is 136 Å². The molecule has 2 heterocycles. The summed E-state index contributed by atoms with van der Waals surface area (Å²) in [4.78, 5) is 4.47. The van der Waals surface area contributed by atoms with Crippen molar-refractivity contribution in [1.82, 2.24) is 14.4 Å². The summed E-state index contributed by atoms with van der Waals surface area (Å²) in [6.07, 6.45) is 5.22. The highest BCUT2D eigenvalue weighted by Gasteiger charge is 2.37. The van der Waals surface area contributed by atoms with E-state index in [9.17, 15) is 8.42 Å². The van der Waals surface area contributed by atoms with Crippen molar-refractivity contribution in [3.63, 3.8) is 0 Å². The summed E-state index contributed by atoms with van der Waals surface area (Å²) in [6, 6.07) is 0. The van der Waals surface area contributed by atoms with Gasteiger partial charge in [0.2, 0.25) is 5.89 Å². The maximum Gasteiger partial charge on any atom is 0.276 e. The highest BCUT2D eigenvalue weighted by molar-refractivity contribution is 7.86. The molecule has 1 saturated carbocycles. The predicted molar refractivity (Wildman–Crippen MR) is 82.5 cm³/mol. The second-order valence-electron chi connectivity index (χ2n) is 6.04. The van der Waals surface area contributed by atoms with Crippen LogP contribution in [0.1, 0.15) is 56.2 Å². The lowest BCUT2D eigenvalue weighted by molar-refractivity contribution is 0.268. The molecule has 0 bridgehead atoms. The molecule has 1 aliphatic carbocycles. The van der Waals surface area contributed by atoms with Gasteiger partial charge in [-0.05, 0) is 25.7 Å². The van der Waals surface area contributed by atoms with E-state index in [0.29, 0.717) is 37.6 Å². The van der Waals surface area contributed by atoms with Crippen molar-refractivity contribution < 1.29 is 12.9 Å². The van der Waals surface area contributed by atoms with Gasteiger partial charge in [0.05, 0.1) is 5.54 Å². The lowest BCUT2D eigenvalue weighted by Crippen LogP contribution is -2.41. The highest BCUT2D eigenvalue weighted by Crippen LogP contribution is 2.36. The molecule has 2 fully saturated rings. The minimum absolute atomic E-state index is 0. The third kappa shape index (κ3) is 3.43. The van der Waals surface area contributed by atoms with Gasteiger partial charge < -0.3 is 10.3 Å². The second kappa shape index (κ2) is 6.40. The van der Waals surface area contributed by atoms with Crippen LogP contribution in [0.3, 0.4) is 0 Å². The van der Waals surface area contributed by atoms with Crippen LogP contribution in [-0.4, -0.2) is 36.0 Å². The molecule has 4 N–H and O–H groups in total. The van der Waals surface area contributed by atoms with Gasteiger partial charge in [-0.1, -0.05) is 18.0 Å². The first-order valence-electron chi connectivity index (χ1n) is 7.29. The number of rotatable bonds is 3. The van der Waals surface area contributed by atoms with Crippen molar-refractivity contribution >= 4 is 22.6 Å². The molecule has 0 atom stereocenters. The van der Waals surface area contributed by atoms with E-state index >= 15 is 0 Å². The van der Waals surface area contributed by atoms with Crippen LogP contribution in [0.2, 0.25) is 0 Å². The molecular formula is C12H22ClN5O3S. The average molecular weight is 352 g/mol. The number of halogens is 1. The second-order valence-corrected chi connectivity index (χ2v) is 7.58. The molecule has 0 amide bonds. The fourth-order valence-corrected chi connectivity index (χ4v) is 3.91. The Morgan fingerprint density at radius 3 is 2.36 bits per heavy atom. The molecular weight excluding hydrogens is 330 g/mol. The Bertz CT molecular complexity index is 606. The van der Waals surface area contributed by atoms with Crippen molar-refractivity contribution in [2.75, 3.05) is 13.1 Å². The van der Waals surface area contributed by atoms with Crippen LogP contribution in [0, 0.1) is 0 Å². The summed E-state index contributed by atoms with van der Waals surface area (Å²) in [5, 5.41) is 9.17. The van der Waals surface area contributed by atoms with Crippen LogP contribution in [-0.2, 0) is 15.7 Å². The summed E-state index contributed by atoms with van der Waals surface area (Å²) in [5.41, 5.74) is 5.86. The van der Waals surface area contributed by atoms with Crippen molar-refractivity contribution in [2.24, 2.45) is 10.9 Å². The zero-order chi connectivity index (χ0) is 15.1. The normalized spacial score (nSPS) is 23.4. The minimum Gasteiger partial charge on any atom is -0.339 e.